The molecule has 0 spiro atoms. The van der Waals surface area contributed by atoms with Crippen LogP contribution in [0.2, 0.25) is 0 Å². The van der Waals surface area contributed by atoms with Crippen LogP contribution in [0.3, 0.4) is 0 Å². The zero-order chi connectivity index (χ0) is 43.9. The summed E-state index contributed by atoms with van der Waals surface area (Å²) in [6, 6.07) is -8.81. The van der Waals surface area contributed by atoms with E-state index in [4.69, 9.17) is 0 Å². The molecule has 0 bridgehead atoms. The lowest BCUT2D eigenvalue weighted by Crippen LogP contribution is -2.75. The molecule has 0 heterocycles. The minimum absolute atomic E-state index is 0. The van der Waals surface area contributed by atoms with Crippen LogP contribution in [0.25, 0.3) is 0 Å². The maximum absolute atomic E-state index is 14.2. The number of alkyl halides is 24. The van der Waals surface area contributed by atoms with Gasteiger partial charge in [0.1, 0.15) is 6.15 Å². The van der Waals surface area contributed by atoms with E-state index in [0.29, 0.717) is 0 Å². The molecule has 0 nitrogen and oxygen atoms in total. The molecular formula is C32H15BF24S. The number of halogens is 24. The molecule has 4 aromatic rings. The first-order valence-corrected chi connectivity index (χ1v) is 14.6. The molecule has 58 heavy (non-hydrogen) atoms. The van der Waals surface area contributed by atoms with E-state index in [2.05, 4.69) is 0 Å². The summed E-state index contributed by atoms with van der Waals surface area (Å²) < 4.78 is 341. The Bertz CT molecular complexity index is 1700. The molecule has 0 saturated carbocycles. The van der Waals surface area contributed by atoms with Gasteiger partial charge in [-0.15, -0.1) is 0 Å². The summed E-state index contributed by atoms with van der Waals surface area (Å²) in [6.45, 7) is 0. The minimum Gasteiger partial charge on any atom is -0.194 e. The van der Waals surface area contributed by atoms with Crippen LogP contribution in [-0.2, 0) is 62.9 Å². The summed E-state index contributed by atoms with van der Waals surface area (Å²) in [5.74, 6) is 0. The average molecular weight is 898 g/mol. The Kier molecular flexibility index (Phi) is 12.2. The van der Waals surface area contributed by atoms with Crippen LogP contribution in [0.4, 0.5) is 105 Å². The predicted molar refractivity (Wildman–Crippen MR) is 162 cm³/mol. The quantitative estimate of drug-likeness (QED) is 0.109. The van der Waals surface area contributed by atoms with Crippen LogP contribution in [0.15, 0.2) is 72.8 Å². The smallest absolute Gasteiger partial charge is 0.194 e. The molecular weight excluding hydrogens is 883 g/mol. The fraction of sp³-hybridized carbons (Fsp3) is 0.250. The second-order valence-corrected chi connectivity index (χ2v) is 12.2. The monoisotopic (exact) mass is 898 g/mol. The largest absolute Gasteiger partial charge is 0.416 e. The Morgan fingerprint density at radius 1 is 0.207 bits per heavy atom. The van der Waals surface area contributed by atoms with Gasteiger partial charge in [0.05, 0.1) is 44.5 Å². The predicted octanol–water partition coefficient (Wildman–Crippen LogP) is 10.4. The van der Waals surface area contributed by atoms with Gasteiger partial charge < -0.3 is 0 Å². The van der Waals surface area contributed by atoms with Gasteiger partial charge in [-0.3, -0.25) is 0 Å². The highest BCUT2D eigenvalue weighted by atomic mass is 32.1. The third-order valence-corrected chi connectivity index (χ3v) is 8.44. The van der Waals surface area contributed by atoms with Crippen molar-refractivity contribution in [2.24, 2.45) is 0 Å². The van der Waals surface area contributed by atoms with E-state index in [1.165, 1.54) is 0 Å². The molecule has 4 rings (SSSR count). The fourth-order valence-corrected chi connectivity index (χ4v) is 6.07. The molecule has 0 amide bonds. The lowest BCUT2D eigenvalue weighted by molar-refractivity contribution is -0.144. The Labute approximate surface area is 313 Å². The molecule has 4 aromatic carbocycles. The van der Waals surface area contributed by atoms with E-state index in [1.807, 2.05) is 0 Å². The average Bonchev–Trinajstić information content (AvgIpc) is 3.01. The van der Waals surface area contributed by atoms with Gasteiger partial charge in [-0.2, -0.15) is 127 Å². The van der Waals surface area contributed by atoms with Gasteiger partial charge in [0.25, 0.3) is 0 Å². The summed E-state index contributed by atoms with van der Waals surface area (Å²) in [5.41, 5.74) is -30.2. The SMILES string of the molecule is FC(F)(F)c1cc([B-](c2cc(C(F)(F)F)cc(C(F)(F)F)c2)(c2cc(C(F)(F)F)cc(C(F)(F)F)c2)c2cc(C(F)(F)F)cc(C(F)(F)F)c2)cc(C(F)(F)F)c1.[SH3+]. The van der Waals surface area contributed by atoms with E-state index in [9.17, 15) is 105 Å². The maximum Gasteiger partial charge on any atom is 0.416 e. The van der Waals surface area contributed by atoms with Crippen molar-refractivity contribution >= 4 is 41.5 Å². The second kappa shape index (κ2) is 14.7. The number of hydrogen-bond acceptors (Lipinski definition) is 0. The van der Waals surface area contributed by atoms with Gasteiger partial charge in [0, 0.05) is 0 Å². The molecule has 0 aliphatic rings. The van der Waals surface area contributed by atoms with E-state index in [1.54, 1.807) is 0 Å². The second-order valence-electron chi connectivity index (χ2n) is 12.2. The van der Waals surface area contributed by atoms with E-state index < -0.39 is 195 Å². The van der Waals surface area contributed by atoms with Crippen LogP contribution in [0.5, 0.6) is 0 Å². The van der Waals surface area contributed by atoms with Crippen LogP contribution in [0.1, 0.15) is 44.5 Å². The summed E-state index contributed by atoms with van der Waals surface area (Å²) in [4.78, 5) is 0. The van der Waals surface area contributed by atoms with Crippen molar-refractivity contribution in [1.29, 1.82) is 0 Å². The summed E-state index contributed by atoms with van der Waals surface area (Å²) >= 11 is 0. The topological polar surface area (TPSA) is 0 Å². The third kappa shape index (κ3) is 9.89. The Hall–Kier alpha value is -4.39. The number of benzene rings is 4. The van der Waals surface area contributed by atoms with Gasteiger partial charge in [-0.1, -0.05) is 62.0 Å². The van der Waals surface area contributed by atoms with Crippen LogP contribution >= 0.6 is 0 Å². The van der Waals surface area contributed by atoms with Gasteiger partial charge in [-0.25, -0.2) is 0 Å². The standard InChI is InChI=1S/C32H12BF24.H2S/c34-25(35,36)13-1-14(26(37,38)39)6-21(5-13)33(22-7-15(27(40,41)42)2-16(8-22)28(43,44)45,23-9-17(29(46,47)48)3-18(10-23)30(49,50)51)24-11-19(31(52,53)54)4-20(12-24)32(55,56)57;/h1-12H;1H2/q-1;/p+1. The van der Waals surface area contributed by atoms with E-state index in [0.717, 1.165) is 0 Å². The highest BCUT2D eigenvalue weighted by Crippen LogP contribution is 2.41. The molecule has 0 N–H and O–H groups in total. The maximum atomic E-state index is 14.2. The lowest BCUT2D eigenvalue weighted by Gasteiger charge is -2.46. The molecule has 0 aliphatic heterocycles. The van der Waals surface area contributed by atoms with Crippen molar-refractivity contribution in [3.05, 3.63) is 117 Å². The number of rotatable bonds is 4. The summed E-state index contributed by atoms with van der Waals surface area (Å²) in [7, 11) is 0. The molecule has 0 aromatic heterocycles. The molecule has 0 radical (unpaired) electrons. The summed E-state index contributed by atoms with van der Waals surface area (Å²) in [6.07, 6.45) is -54.8. The highest BCUT2D eigenvalue weighted by Gasteiger charge is 2.47. The molecule has 0 aliphatic carbocycles. The van der Waals surface area contributed by atoms with E-state index >= 15 is 0 Å². The molecule has 26 heteroatoms. The molecule has 0 atom stereocenters. The van der Waals surface area contributed by atoms with Gasteiger partial charge >= 0.3 is 49.4 Å². The van der Waals surface area contributed by atoms with Crippen molar-refractivity contribution in [2.75, 3.05) is 0 Å². The van der Waals surface area contributed by atoms with Gasteiger partial charge in [0.2, 0.25) is 0 Å². The Morgan fingerprint density at radius 2 is 0.310 bits per heavy atom. The minimum atomic E-state index is -6.13. The summed E-state index contributed by atoms with van der Waals surface area (Å²) in [5, 5.41) is 0. The van der Waals surface area contributed by atoms with Crippen LogP contribution in [0, 0.1) is 0 Å². The Balaban J connectivity index is 0.00000900. The van der Waals surface area contributed by atoms with Crippen molar-refractivity contribution in [1.82, 2.24) is 0 Å². The Morgan fingerprint density at radius 3 is 0.397 bits per heavy atom. The van der Waals surface area contributed by atoms with Crippen molar-refractivity contribution < 1.29 is 105 Å². The van der Waals surface area contributed by atoms with Crippen LogP contribution in [-0.4, -0.2) is 6.15 Å². The van der Waals surface area contributed by atoms with Crippen LogP contribution < -0.4 is 21.9 Å². The molecule has 320 valence electrons. The van der Waals surface area contributed by atoms with Crippen molar-refractivity contribution in [3.8, 4) is 0 Å². The highest BCUT2D eigenvalue weighted by molar-refractivity contribution is 7.37. The van der Waals surface area contributed by atoms with E-state index in [-0.39, 0.29) is 13.5 Å². The first-order valence-electron chi connectivity index (χ1n) is 14.6. The first-order chi connectivity index (χ1) is 25.3. The van der Waals surface area contributed by atoms with Crippen molar-refractivity contribution in [3.63, 3.8) is 0 Å². The fourth-order valence-electron chi connectivity index (χ4n) is 6.07. The lowest BCUT2D eigenvalue weighted by atomic mass is 9.12. The number of hydrogen-bond donors (Lipinski definition) is 0. The zero-order valence-electron chi connectivity index (χ0n) is 27.2. The van der Waals surface area contributed by atoms with Crippen molar-refractivity contribution in [2.45, 2.75) is 49.4 Å². The van der Waals surface area contributed by atoms with Gasteiger partial charge in [0.15, 0.2) is 0 Å². The first kappa shape index (κ1) is 48.0. The molecule has 0 fully saturated rings. The zero-order valence-corrected chi connectivity index (χ0v) is 28.3. The third-order valence-electron chi connectivity index (χ3n) is 8.44. The molecule has 0 saturated heterocycles. The van der Waals surface area contributed by atoms with Gasteiger partial charge in [-0.05, 0) is 24.3 Å². The molecule has 0 unspecified atom stereocenters. The normalized spacial score (nSPS) is 14.1.